The molecule has 1 aliphatic rings. The Kier molecular flexibility index (Phi) is 3.58. The molecule has 7 nitrogen and oxygen atoms in total. The Bertz CT molecular complexity index is 799. The Morgan fingerprint density at radius 1 is 1.43 bits per heavy atom. The van der Waals surface area contributed by atoms with Gasteiger partial charge in [0.15, 0.2) is 0 Å². The summed E-state index contributed by atoms with van der Waals surface area (Å²) in [7, 11) is 0. The Morgan fingerprint density at radius 3 is 2.86 bits per heavy atom. The van der Waals surface area contributed by atoms with E-state index in [1.165, 1.54) is 16.7 Å². The van der Waals surface area contributed by atoms with Gasteiger partial charge >= 0.3 is 5.69 Å². The number of hydrogen-bond donors (Lipinski definition) is 3. The first-order valence-electron chi connectivity index (χ1n) is 6.39. The second-order valence-corrected chi connectivity index (χ2v) is 5.34. The minimum Gasteiger partial charge on any atom is -0.394 e. The highest BCUT2D eigenvalue weighted by molar-refractivity contribution is 6.31. The second-order valence-electron chi connectivity index (χ2n) is 4.91. The van der Waals surface area contributed by atoms with E-state index in [1.54, 1.807) is 6.07 Å². The Balaban J connectivity index is 2.21. The molecule has 112 valence electrons. The Hall–Kier alpha value is -1.67. The van der Waals surface area contributed by atoms with E-state index in [1.807, 2.05) is 0 Å². The van der Waals surface area contributed by atoms with Crippen molar-refractivity contribution in [2.45, 2.75) is 24.9 Å². The van der Waals surface area contributed by atoms with Crippen LogP contribution in [0.1, 0.15) is 12.6 Å². The number of benzene rings is 1. The van der Waals surface area contributed by atoms with Crippen molar-refractivity contribution in [1.82, 2.24) is 9.55 Å². The number of aromatic amines is 1. The van der Waals surface area contributed by atoms with Gasteiger partial charge in [-0.05, 0) is 18.2 Å². The van der Waals surface area contributed by atoms with Crippen LogP contribution in [0.4, 0.5) is 0 Å². The zero-order chi connectivity index (χ0) is 15.1. The van der Waals surface area contributed by atoms with Crippen LogP contribution in [0.2, 0.25) is 5.02 Å². The molecule has 3 N–H and O–H groups in total. The fourth-order valence-electron chi connectivity index (χ4n) is 2.55. The molecule has 1 aromatic heterocycles. The van der Waals surface area contributed by atoms with Crippen LogP contribution in [0.5, 0.6) is 0 Å². The molecule has 2 aromatic rings. The van der Waals surface area contributed by atoms with Crippen molar-refractivity contribution in [3.63, 3.8) is 0 Å². The quantitative estimate of drug-likeness (QED) is 0.723. The van der Waals surface area contributed by atoms with Gasteiger partial charge in [-0.3, -0.25) is 14.3 Å². The number of nitrogens with one attached hydrogen (secondary N) is 1. The number of rotatable bonds is 2. The molecule has 3 atom stereocenters. The predicted octanol–water partition coefficient (Wildman–Crippen LogP) is -0.0161. The van der Waals surface area contributed by atoms with Gasteiger partial charge < -0.3 is 14.9 Å². The van der Waals surface area contributed by atoms with Crippen LogP contribution >= 0.6 is 11.6 Å². The SMILES string of the molecule is O=c1[nH]c(=O)n([C@H]2C[C@H](O)[C@@H](CO)O2)c2cc(Cl)ccc12. The first-order valence-corrected chi connectivity index (χ1v) is 6.77. The monoisotopic (exact) mass is 312 g/mol. The van der Waals surface area contributed by atoms with Crippen LogP contribution in [-0.4, -0.2) is 38.6 Å². The van der Waals surface area contributed by atoms with Gasteiger partial charge in [-0.1, -0.05) is 11.6 Å². The summed E-state index contributed by atoms with van der Waals surface area (Å²) in [6.45, 7) is -0.353. The number of hydrogen-bond acceptors (Lipinski definition) is 5. The molecule has 1 aliphatic heterocycles. The summed E-state index contributed by atoms with van der Waals surface area (Å²) in [5, 5.41) is 19.6. The summed E-state index contributed by atoms with van der Waals surface area (Å²) in [6.07, 6.45) is -2.28. The highest BCUT2D eigenvalue weighted by atomic mass is 35.5. The van der Waals surface area contributed by atoms with E-state index in [9.17, 15) is 14.7 Å². The molecule has 0 radical (unpaired) electrons. The zero-order valence-corrected chi connectivity index (χ0v) is 11.6. The fourth-order valence-corrected chi connectivity index (χ4v) is 2.72. The molecule has 8 heteroatoms. The molecule has 21 heavy (non-hydrogen) atoms. The average Bonchev–Trinajstić information content (AvgIpc) is 2.79. The van der Waals surface area contributed by atoms with Crippen molar-refractivity contribution in [1.29, 1.82) is 0 Å². The maximum Gasteiger partial charge on any atom is 0.330 e. The number of halogens is 1. The summed E-state index contributed by atoms with van der Waals surface area (Å²) in [6, 6.07) is 4.56. The molecule has 0 bridgehead atoms. The standard InChI is InChI=1S/C13H13ClN2O5/c14-6-1-2-7-8(3-6)16(13(20)15-12(7)19)11-4-9(18)10(5-17)21-11/h1-3,9-11,17-18H,4-5H2,(H,15,19,20)/t9-,10+,11+/m0/s1. The van der Waals surface area contributed by atoms with Gasteiger partial charge in [0.2, 0.25) is 0 Å². The summed E-state index contributed by atoms with van der Waals surface area (Å²) in [5.41, 5.74) is -0.835. The molecular weight excluding hydrogens is 300 g/mol. The maximum absolute atomic E-state index is 12.1. The van der Waals surface area contributed by atoms with Crippen LogP contribution in [0.3, 0.4) is 0 Å². The first kappa shape index (κ1) is 14.3. The number of fused-ring (bicyclic) bond motifs is 1. The topological polar surface area (TPSA) is 105 Å². The lowest BCUT2D eigenvalue weighted by Crippen LogP contribution is -2.33. The summed E-state index contributed by atoms with van der Waals surface area (Å²) in [4.78, 5) is 26.1. The van der Waals surface area contributed by atoms with E-state index < -0.39 is 29.7 Å². The van der Waals surface area contributed by atoms with Crippen molar-refractivity contribution in [2.24, 2.45) is 0 Å². The van der Waals surface area contributed by atoms with Crippen molar-refractivity contribution in [2.75, 3.05) is 6.61 Å². The van der Waals surface area contributed by atoms with Crippen molar-refractivity contribution in [3.05, 3.63) is 44.1 Å². The fraction of sp³-hybridized carbons (Fsp3) is 0.385. The second kappa shape index (κ2) is 5.27. The third-order valence-corrected chi connectivity index (χ3v) is 3.81. The number of aliphatic hydroxyl groups excluding tert-OH is 2. The van der Waals surface area contributed by atoms with Gasteiger partial charge in [0.25, 0.3) is 5.56 Å². The normalized spacial score (nSPS) is 25.6. The summed E-state index contributed by atoms with van der Waals surface area (Å²) in [5.74, 6) is 0. The molecule has 0 saturated carbocycles. The zero-order valence-electron chi connectivity index (χ0n) is 10.8. The van der Waals surface area contributed by atoms with Gasteiger partial charge in [0.1, 0.15) is 12.3 Å². The number of ether oxygens (including phenoxy) is 1. The summed E-state index contributed by atoms with van der Waals surface area (Å²) < 4.78 is 6.71. The molecule has 0 aliphatic carbocycles. The molecule has 1 aromatic carbocycles. The lowest BCUT2D eigenvalue weighted by Gasteiger charge is -2.16. The maximum atomic E-state index is 12.1. The van der Waals surface area contributed by atoms with Gasteiger partial charge in [-0.25, -0.2) is 4.79 Å². The van der Waals surface area contributed by atoms with E-state index in [0.29, 0.717) is 15.9 Å². The van der Waals surface area contributed by atoms with Crippen molar-refractivity contribution >= 4 is 22.5 Å². The van der Waals surface area contributed by atoms with E-state index in [0.717, 1.165) is 0 Å². The van der Waals surface area contributed by atoms with Crippen molar-refractivity contribution in [3.8, 4) is 0 Å². The minimum absolute atomic E-state index is 0.138. The summed E-state index contributed by atoms with van der Waals surface area (Å²) >= 11 is 5.93. The van der Waals surface area contributed by atoms with Gasteiger partial charge in [0.05, 0.1) is 23.6 Å². The number of nitrogens with zero attached hydrogens (tertiary/aromatic N) is 1. The van der Waals surface area contributed by atoms with Crippen LogP contribution in [0.25, 0.3) is 10.9 Å². The minimum atomic E-state index is -0.881. The molecule has 3 rings (SSSR count). The highest BCUT2D eigenvalue weighted by Crippen LogP contribution is 2.29. The molecule has 0 unspecified atom stereocenters. The first-order chi connectivity index (χ1) is 10.0. The van der Waals surface area contributed by atoms with E-state index in [4.69, 9.17) is 21.4 Å². The highest BCUT2D eigenvalue weighted by Gasteiger charge is 2.35. The predicted molar refractivity (Wildman–Crippen MR) is 75.5 cm³/mol. The number of H-pyrrole nitrogens is 1. The lowest BCUT2D eigenvalue weighted by molar-refractivity contribution is -0.0443. The molecule has 1 fully saturated rings. The largest absolute Gasteiger partial charge is 0.394 e. The Morgan fingerprint density at radius 2 is 2.19 bits per heavy atom. The van der Waals surface area contributed by atoms with Crippen LogP contribution in [-0.2, 0) is 4.74 Å². The molecule has 1 saturated heterocycles. The Labute approximate surface area is 123 Å². The smallest absolute Gasteiger partial charge is 0.330 e. The number of aliphatic hydroxyl groups is 2. The third kappa shape index (κ3) is 2.38. The average molecular weight is 313 g/mol. The van der Waals surface area contributed by atoms with Crippen LogP contribution < -0.4 is 11.2 Å². The number of aromatic nitrogens is 2. The van der Waals surface area contributed by atoms with Crippen LogP contribution in [0, 0.1) is 0 Å². The lowest BCUT2D eigenvalue weighted by atomic mass is 10.2. The molecular formula is C13H13ClN2O5. The molecule has 0 spiro atoms. The van der Waals surface area contributed by atoms with Gasteiger partial charge in [-0.15, -0.1) is 0 Å². The third-order valence-electron chi connectivity index (χ3n) is 3.58. The molecule has 0 amide bonds. The van der Waals surface area contributed by atoms with E-state index in [2.05, 4.69) is 4.98 Å². The van der Waals surface area contributed by atoms with E-state index >= 15 is 0 Å². The van der Waals surface area contributed by atoms with Crippen LogP contribution in [0.15, 0.2) is 27.8 Å². The van der Waals surface area contributed by atoms with Crippen molar-refractivity contribution < 1.29 is 14.9 Å². The van der Waals surface area contributed by atoms with Gasteiger partial charge in [-0.2, -0.15) is 0 Å². The molecule has 2 heterocycles. The van der Waals surface area contributed by atoms with Gasteiger partial charge in [0, 0.05) is 11.4 Å². The van der Waals surface area contributed by atoms with E-state index in [-0.39, 0.29) is 13.0 Å².